The molecule has 2 N–H and O–H groups in total. The topological polar surface area (TPSA) is 98.9 Å². The van der Waals surface area contributed by atoms with Crippen molar-refractivity contribution in [1.82, 2.24) is 15.2 Å². The third-order valence-corrected chi connectivity index (χ3v) is 4.37. The van der Waals surface area contributed by atoms with E-state index < -0.39 is 11.2 Å². The van der Waals surface area contributed by atoms with E-state index in [0.717, 1.165) is 35.9 Å². The summed E-state index contributed by atoms with van der Waals surface area (Å²) in [4.78, 5) is 38.7. The smallest absolute Gasteiger partial charge is 0.311 e. The summed E-state index contributed by atoms with van der Waals surface area (Å²) in [7, 11) is 0. The SMILES string of the molecule is O=C(CSc1n[nH]c(=O)[nH]c1=O)N1CCCc2ccccc21. The number of nitrogens with one attached hydrogen (secondary N) is 2. The second kappa shape index (κ2) is 6.18. The molecule has 0 saturated heterocycles. The van der Waals surface area contributed by atoms with Crippen molar-refractivity contribution in [2.24, 2.45) is 0 Å². The van der Waals surface area contributed by atoms with Gasteiger partial charge in [-0.2, -0.15) is 5.10 Å². The lowest BCUT2D eigenvalue weighted by molar-refractivity contribution is -0.116. The van der Waals surface area contributed by atoms with Crippen LogP contribution in [0.25, 0.3) is 0 Å². The molecule has 114 valence electrons. The molecular formula is C14H14N4O3S. The molecule has 0 radical (unpaired) electrons. The van der Waals surface area contributed by atoms with Crippen molar-refractivity contribution in [2.45, 2.75) is 17.9 Å². The first-order chi connectivity index (χ1) is 10.6. The molecular weight excluding hydrogens is 304 g/mol. The highest BCUT2D eigenvalue weighted by Crippen LogP contribution is 2.27. The molecule has 8 heteroatoms. The van der Waals surface area contributed by atoms with Crippen LogP contribution in [0.15, 0.2) is 38.9 Å². The standard InChI is InChI=1S/C14H14N4O3S/c19-11(8-22-13-12(20)15-14(21)17-16-13)18-7-3-5-9-4-1-2-6-10(9)18/h1-2,4,6H,3,5,7-8H2,(H2,15,17,20,21). The highest BCUT2D eigenvalue weighted by atomic mass is 32.2. The Morgan fingerprint density at radius 1 is 1.32 bits per heavy atom. The predicted molar refractivity (Wildman–Crippen MR) is 83.3 cm³/mol. The maximum atomic E-state index is 12.4. The molecule has 0 aliphatic carbocycles. The molecule has 2 aromatic rings. The van der Waals surface area contributed by atoms with Crippen LogP contribution < -0.4 is 16.1 Å². The number of aromatic amines is 2. The maximum Gasteiger partial charge on any atom is 0.342 e. The molecule has 7 nitrogen and oxygen atoms in total. The van der Waals surface area contributed by atoms with Gasteiger partial charge in [0.1, 0.15) is 0 Å². The van der Waals surface area contributed by atoms with Crippen molar-refractivity contribution in [2.75, 3.05) is 17.2 Å². The number of amides is 1. The fourth-order valence-electron chi connectivity index (χ4n) is 2.44. The van der Waals surface area contributed by atoms with E-state index in [-0.39, 0.29) is 16.7 Å². The molecule has 1 amide bonds. The Bertz CT molecular complexity index is 814. The third-order valence-electron chi connectivity index (χ3n) is 3.42. The van der Waals surface area contributed by atoms with Crippen molar-refractivity contribution in [1.29, 1.82) is 0 Å². The van der Waals surface area contributed by atoms with Crippen molar-refractivity contribution in [3.63, 3.8) is 0 Å². The Morgan fingerprint density at radius 2 is 2.14 bits per heavy atom. The number of para-hydroxylation sites is 1. The van der Waals surface area contributed by atoms with Gasteiger partial charge in [-0.15, -0.1) is 0 Å². The van der Waals surface area contributed by atoms with Crippen LogP contribution in [0.4, 0.5) is 5.69 Å². The van der Waals surface area contributed by atoms with Crippen LogP contribution in [0.1, 0.15) is 12.0 Å². The Labute approximate surface area is 129 Å². The van der Waals surface area contributed by atoms with E-state index in [0.29, 0.717) is 6.54 Å². The summed E-state index contributed by atoms with van der Waals surface area (Å²) < 4.78 is 0. The Kier molecular flexibility index (Phi) is 4.10. The molecule has 1 aromatic carbocycles. The summed E-state index contributed by atoms with van der Waals surface area (Å²) in [6.07, 6.45) is 1.89. The van der Waals surface area contributed by atoms with Crippen LogP contribution in [0.3, 0.4) is 0 Å². The fourth-order valence-corrected chi connectivity index (χ4v) is 3.14. The summed E-state index contributed by atoms with van der Waals surface area (Å²) >= 11 is 1.02. The number of aryl methyl sites for hydroxylation is 1. The van der Waals surface area contributed by atoms with E-state index in [1.54, 1.807) is 4.90 Å². The molecule has 0 atom stereocenters. The van der Waals surface area contributed by atoms with Gasteiger partial charge < -0.3 is 4.90 Å². The summed E-state index contributed by atoms with van der Waals surface area (Å²) in [6, 6.07) is 7.83. The Morgan fingerprint density at radius 3 is 2.95 bits per heavy atom. The van der Waals surface area contributed by atoms with E-state index in [9.17, 15) is 14.4 Å². The van der Waals surface area contributed by atoms with Crippen molar-refractivity contribution >= 4 is 23.4 Å². The maximum absolute atomic E-state index is 12.4. The lowest BCUT2D eigenvalue weighted by Gasteiger charge is -2.29. The zero-order valence-electron chi connectivity index (χ0n) is 11.7. The van der Waals surface area contributed by atoms with Crippen LogP contribution in [0, 0.1) is 0 Å². The number of hydrogen-bond acceptors (Lipinski definition) is 5. The minimum absolute atomic E-state index is 0.0791. The number of anilines is 1. The number of thioether (sulfide) groups is 1. The summed E-state index contributed by atoms with van der Waals surface area (Å²) in [5, 5.41) is 5.88. The summed E-state index contributed by atoms with van der Waals surface area (Å²) in [6.45, 7) is 0.672. The molecule has 1 aliphatic heterocycles. The lowest BCUT2D eigenvalue weighted by Crippen LogP contribution is -2.37. The van der Waals surface area contributed by atoms with Gasteiger partial charge in [0.05, 0.1) is 5.75 Å². The first kappa shape index (κ1) is 14.6. The monoisotopic (exact) mass is 318 g/mol. The van der Waals surface area contributed by atoms with Gasteiger partial charge in [0.2, 0.25) is 5.91 Å². The number of carbonyl (C=O) groups excluding carboxylic acids is 1. The highest BCUT2D eigenvalue weighted by Gasteiger charge is 2.22. The minimum Gasteiger partial charge on any atom is -0.311 e. The fraction of sp³-hybridized carbons (Fsp3) is 0.286. The average Bonchev–Trinajstić information content (AvgIpc) is 2.53. The normalized spacial score (nSPS) is 13.7. The average molecular weight is 318 g/mol. The Hall–Kier alpha value is -2.35. The summed E-state index contributed by atoms with van der Waals surface area (Å²) in [5.41, 5.74) is 0.848. The zero-order chi connectivity index (χ0) is 15.5. The number of aromatic nitrogens is 3. The molecule has 2 heterocycles. The first-order valence-electron chi connectivity index (χ1n) is 6.85. The predicted octanol–water partition coefficient (Wildman–Crippen LogP) is 0.530. The van der Waals surface area contributed by atoms with Crippen molar-refractivity contribution in [3.05, 3.63) is 50.7 Å². The highest BCUT2D eigenvalue weighted by molar-refractivity contribution is 7.99. The largest absolute Gasteiger partial charge is 0.342 e. The van der Waals surface area contributed by atoms with Crippen LogP contribution >= 0.6 is 11.8 Å². The van der Waals surface area contributed by atoms with E-state index in [1.165, 1.54) is 0 Å². The van der Waals surface area contributed by atoms with Gasteiger partial charge in [-0.25, -0.2) is 9.89 Å². The number of nitrogens with zero attached hydrogens (tertiary/aromatic N) is 2. The van der Waals surface area contributed by atoms with Crippen LogP contribution in [0.5, 0.6) is 0 Å². The van der Waals surface area contributed by atoms with Gasteiger partial charge in [0, 0.05) is 12.2 Å². The Balaban J connectivity index is 1.73. The molecule has 22 heavy (non-hydrogen) atoms. The zero-order valence-corrected chi connectivity index (χ0v) is 12.5. The second-order valence-corrected chi connectivity index (χ2v) is 5.84. The minimum atomic E-state index is -0.661. The molecule has 0 bridgehead atoms. The first-order valence-corrected chi connectivity index (χ1v) is 7.84. The van der Waals surface area contributed by atoms with Gasteiger partial charge in [-0.1, -0.05) is 30.0 Å². The molecule has 0 spiro atoms. The number of benzene rings is 1. The van der Waals surface area contributed by atoms with Gasteiger partial charge in [-0.05, 0) is 24.5 Å². The second-order valence-electron chi connectivity index (χ2n) is 4.88. The number of fused-ring (bicyclic) bond motifs is 1. The molecule has 0 saturated carbocycles. The van der Waals surface area contributed by atoms with Crippen molar-refractivity contribution < 1.29 is 4.79 Å². The third kappa shape index (κ3) is 2.96. The van der Waals surface area contributed by atoms with Crippen molar-refractivity contribution in [3.8, 4) is 0 Å². The lowest BCUT2D eigenvalue weighted by atomic mass is 10.0. The van der Waals surface area contributed by atoms with Crippen LogP contribution in [-0.4, -0.2) is 33.4 Å². The number of rotatable bonds is 3. The van der Waals surface area contributed by atoms with Crippen LogP contribution in [-0.2, 0) is 11.2 Å². The number of H-pyrrole nitrogens is 2. The van der Waals surface area contributed by atoms with E-state index in [1.807, 2.05) is 24.3 Å². The van der Waals surface area contributed by atoms with Gasteiger partial charge in [0.15, 0.2) is 5.03 Å². The molecule has 0 unspecified atom stereocenters. The van der Waals surface area contributed by atoms with Gasteiger partial charge >= 0.3 is 5.69 Å². The molecule has 0 fully saturated rings. The van der Waals surface area contributed by atoms with E-state index in [2.05, 4.69) is 15.2 Å². The summed E-state index contributed by atoms with van der Waals surface area (Å²) in [5.74, 6) is 0.0146. The molecule has 1 aliphatic rings. The van der Waals surface area contributed by atoms with E-state index in [4.69, 9.17) is 0 Å². The van der Waals surface area contributed by atoms with Gasteiger partial charge in [-0.3, -0.25) is 14.6 Å². The van der Waals surface area contributed by atoms with E-state index >= 15 is 0 Å². The van der Waals surface area contributed by atoms with Gasteiger partial charge in [0.25, 0.3) is 5.56 Å². The number of hydrogen-bond donors (Lipinski definition) is 2. The van der Waals surface area contributed by atoms with Crippen LogP contribution in [0.2, 0.25) is 0 Å². The quantitative estimate of drug-likeness (QED) is 0.804. The molecule has 1 aromatic heterocycles. The molecule has 3 rings (SSSR count). The number of carbonyl (C=O) groups is 1.